The van der Waals surface area contributed by atoms with Crippen molar-refractivity contribution in [1.29, 1.82) is 0 Å². The highest BCUT2D eigenvalue weighted by Crippen LogP contribution is 2.43. The second-order valence-electron chi connectivity index (χ2n) is 7.45. The van der Waals surface area contributed by atoms with Crippen LogP contribution in [0.5, 0.6) is 5.75 Å². The minimum Gasteiger partial charge on any atom is -0.497 e. The Labute approximate surface area is 185 Å². The molecule has 30 heavy (non-hydrogen) atoms. The number of hydrogen-bond acceptors (Lipinski definition) is 5. The van der Waals surface area contributed by atoms with Gasteiger partial charge in [0, 0.05) is 17.6 Å². The largest absolute Gasteiger partial charge is 0.497 e. The number of carbonyl (C=O) groups excluding carboxylic acids is 1. The molecule has 1 aliphatic carbocycles. The maximum absolute atomic E-state index is 13.4. The number of amides is 1. The predicted octanol–water partition coefficient (Wildman–Crippen LogP) is 5.08. The zero-order chi connectivity index (χ0) is 21.1. The minimum absolute atomic E-state index is 0.00183. The Hall–Kier alpha value is -2.51. The summed E-state index contributed by atoms with van der Waals surface area (Å²) in [6, 6.07) is 13.4. The molecule has 1 amide bonds. The standard InChI is InChI=1S/C22H23ClN4O2S/c1-27-14-24-26-21(27)30-19-9-8-16(13-18(19)23)25-20(28)22(10-3-4-11-22)15-6-5-7-17(12-15)29-2/h5-9,12-14H,3-4,10-11H2,1-2H3,(H,25,28). The fourth-order valence-corrected chi connectivity index (χ4v) is 4.99. The van der Waals surface area contributed by atoms with Crippen molar-refractivity contribution in [2.75, 3.05) is 12.4 Å². The van der Waals surface area contributed by atoms with Crippen LogP contribution in [0, 0.1) is 0 Å². The smallest absolute Gasteiger partial charge is 0.235 e. The lowest BCUT2D eigenvalue weighted by molar-refractivity contribution is -0.121. The van der Waals surface area contributed by atoms with Crippen LogP contribution in [0.1, 0.15) is 31.2 Å². The lowest BCUT2D eigenvalue weighted by atomic mass is 9.78. The first-order valence-electron chi connectivity index (χ1n) is 9.79. The van der Waals surface area contributed by atoms with Gasteiger partial charge in [-0.05, 0) is 60.5 Å². The van der Waals surface area contributed by atoms with Crippen molar-refractivity contribution in [2.24, 2.45) is 7.05 Å². The predicted molar refractivity (Wildman–Crippen MR) is 118 cm³/mol. The van der Waals surface area contributed by atoms with Crippen LogP contribution in [0.3, 0.4) is 0 Å². The molecule has 0 atom stereocenters. The maximum atomic E-state index is 13.4. The number of methoxy groups -OCH3 is 1. The number of anilines is 1. The Bertz CT molecular complexity index is 1060. The average Bonchev–Trinajstić information content (AvgIpc) is 3.40. The van der Waals surface area contributed by atoms with Gasteiger partial charge in [0.15, 0.2) is 5.16 Å². The number of hydrogen-bond donors (Lipinski definition) is 1. The molecule has 6 nitrogen and oxygen atoms in total. The third-order valence-corrected chi connectivity index (χ3v) is 7.13. The molecule has 0 spiro atoms. The van der Waals surface area contributed by atoms with E-state index in [1.807, 2.05) is 48.0 Å². The zero-order valence-corrected chi connectivity index (χ0v) is 18.5. The van der Waals surface area contributed by atoms with Crippen molar-refractivity contribution in [1.82, 2.24) is 14.8 Å². The van der Waals surface area contributed by atoms with Gasteiger partial charge in [0.05, 0.1) is 17.5 Å². The highest BCUT2D eigenvalue weighted by atomic mass is 35.5. The van der Waals surface area contributed by atoms with Crippen molar-refractivity contribution in [3.63, 3.8) is 0 Å². The van der Waals surface area contributed by atoms with Gasteiger partial charge in [-0.1, -0.05) is 36.6 Å². The minimum atomic E-state index is -0.549. The summed E-state index contributed by atoms with van der Waals surface area (Å²) in [5.41, 5.74) is 1.13. The van der Waals surface area contributed by atoms with Crippen molar-refractivity contribution < 1.29 is 9.53 Å². The highest BCUT2D eigenvalue weighted by molar-refractivity contribution is 7.99. The summed E-state index contributed by atoms with van der Waals surface area (Å²) in [4.78, 5) is 14.3. The lowest BCUT2D eigenvalue weighted by Gasteiger charge is -2.28. The summed E-state index contributed by atoms with van der Waals surface area (Å²) in [6.45, 7) is 0. The Morgan fingerprint density at radius 3 is 2.70 bits per heavy atom. The van der Waals surface area contributed by atoms with Gasteiger partial charge in [0.2, 0.25) is 5.91 Å². The molecule has 1 fully saturated rings. The van der Waals surface area contributed by atoms with Gasteiger partial charge in [-0.25, -0.2) is 0 Å². The number of aryl methyl sites for hydroxylation is 1. The van der Waals surface area contributed by atoms with Crippen LogP contribution in [0.15, 0.2) is 58.8 Å². The molecule has 0 aliphatic heterocycles. The summed E-state index contributed by atoms with van der Waals surface area (Å²) >= 11 is 7.92. The van der Waals surface area contributed by atoms with Crippen LogP contribution in [0.25, 0.3) is 0 Å². The van der Waals surface area contributed by atoms with E-state index in [9.17, 15) is 4.79 Å². The van der Waals surface area contributed by atoms with E-state index in [-0.39, 0.29) is 5.91 Å². The molecule has 156 valence electrons. The van der Waals surface area contributed by atoms with Gasteiger partial charge in [0.1, 0.15) is 12.1 Å². The molecule has 3 aromatic rings. The van der Waals surface area contributed by atoms with E-state index in [0.29, 0.717) is 10.7 Å². The summed E-state index contributed by atoms with van der Waals surface area (Å²) in [7, 11) is 3.52. The molecule has 0 saturated heterocycles. The number of halogens is 1. The Morgan fingerprint density at radius 1 is 1.23 bits per heavy atom. The van der Waals surface area contributed by atoms with Crippen LogP contribution in [-0.2, 0) is 17.3 Å². The number of benzene rings is 2. The Morgan fingerprint density at radius 2 is 2.03 bits per heavy atom. The molecule has 1 N–H and O–H groups in total. The third-order valence-electron chi connectivity index (χ3n) is 5.57. The normalized spacial score (nSPS) is 15.2. The number of aromatic nitrogens is 3. The van der Waals surface area contributed by atoms with E-state index in [0.717, 1.165) is 47.0 Å². The Kier molecular flexibility index (Phi) is 6.01. The summed E-state index contributed by atoms with van der Waals surface area (Å²) in [5, 5.41) is 12.3. The molecule has 1 aromatic heterocycles. The fourth-order valence-electron chi connectivity index (χ4n) is 3.92. The van der Waals surface area contributed by atoms with Crippen molar-refractivity contribution in [3.05, 3.63) is 59.4 Å². The molecule has 0 bridgehead atoms. The van der Waals surface area contributed by atoms with E-state index in [2.05, 4.69) is 15.5 Å². The molecule has 4 rings (SSSR count). The molecular weight excluding hydrogens is 420 g/mol. The van der Waals surface area contributed by atoms with Gasteiger partial charge >= 0.3 is 0 Å². The van der Waals surface area contributed by atoms with Crippen molar-refractivity contribution in [3.8, 4) is 5.75 Å². The molecule has 1 heterocycles. The number of carbonyl (C=O) groups is 1. The van der Waals surface area contributed by atoms with Crippen LogP contribution >= 0.6 is 23.4 Å². The van der Waals surface area contributed by atoms with Gasteiger partial charge < -0.3 is 14.6 Å². The topological polar surface area (TPSA) is 69.0 Å². The van der Waals surface area contributed by atoms with Crippen LogP contribution < -0.4 is 10.1 Å². The van der Waals surface area contributed by atoms with Crippen molar-refractivity contribution in [2.45, 2.75) is 41.2 Å². The summed E-state index contributed by atoms with van der Waals surface area (Å²) < 4.78 is 7.20. The van der Waals surface area contributed by atoms with E-state index >= 15 is 0 Å². The monoisotopic (exact) mass is 442 g/mol. The zero-order valence-electron chi connectivity index (χ0n) is 16.9. The first kappa shape index (κ1) is 20.8. The number of rotatable bonds is 6. The first-order valence-corrected chi connectivity index (χ1v) is 11.0. The van der Waals surface area contributed by atoms with Gasteiger partial charge in [-0.3, -0.25) is 4.79 Å². The van der Waals surface area contributed by atoms with Crippen molar-refractivity contribution >= 4 is 35.0 Å². The molecule has 2 aromatic carbocycles. The van der Waals surface area contributed by atoms with Gasteiger partial charge in [-0.2, -0.15) is 0 Å². The lowest BCUT2D eigenvalue weighted by Crippen LogP contribution is -2.38. The quantitative estimate of drug-likeness (QED) is 0.576. The van der Waals surface area contributed by atoms with E-state index < -0.39 is 5.41 Å². The van der Waals surface area contributed by atoms with E-state index in [1.165, 1.54) is 11.8 Å². The van der Waals surface area contributed by atoms with Crippen LogP contribution in [0.4, 0.5) is 5.69 Å². The number of nitrogens with one attached hydrogen (secondary N) is 1. The van der Waals surface area contributed by atoms with Gasteiger partial charge in [0.25, 0.3) is 0 Å². The molecule has 8 heteroatoms. The summed E-state index contributed by atoms with van der Waals surface area (Å²) in [6.07, 6.45) is 5.33. The van der Waals surface area contributed by atoms with Gasteiger partial charge in [-0.15, -0.1) is 10.2 Å². The Balaban J connectivity index is 1.56. The maximum Gasteiger partial charge on any atom is 0.235 e. The molecular formula is C22H23ClN4O2S. The van der Waals surface area contributed by atoms with E-state index in [1.54, 1.807) is 19.5 Å². The molecule has 1 aliphatic rings. The first-order chi connectivity index (χ1) is 14.5. The average molecular weight is 443 g/mol. The number of ether oxygens (including phenoxy) is 1. The third kappa shape index (κ3) is 4.04. The highest BCUT2D eigenvalue weighted by Gasteiger charge is 2.43. The molecule has 0 radical (unpaired) electrons. The van der Waals surface area contributed by atoms with Crippen LogP contribution in [-0.4, -0.2) is 27.8 Å². The van der Waals surface area contributed by atoms with E-state index in [4.69, 9.17) is 16.3 Å². The number of nitrogens with zero attached hydrogens (tertiary/aromatic N) is 3. The SMILES string of the molecule is COc1cccc(C2(C(=O)Nc3ccc(Sc4nncn4C)c(Cl)c3)CCCC2)c1. The second kappa shape index (κ2) is 8.70. The summed E-state index contributed by atoms with van der Waals surface area (Å²) in [5.74, 6) is 0.762. The molecule has 0 unspecified atom stereocenters. The fraction of sp³-hybridized carbons (Fsp3) is 0.318. The second-order valence-corrected chi connectivity index (χ2v) is 8.86. The molecule has 1 saturated carbocycles. The van der Waals surface area contributed by atoms with Crippen LogP contribution in [0.2, 0.25) is 5.02 Å².